The molecule has 0 unspecified atom stereocenters. The van der Waals surface area contributed by atoms with E-state index >= 15 is 0 Å². The highest BCUT2D eigenvalue weighted by atomic mass is 35.5. The highest BCUT2D eigenvalue weighted by Gasteiger charge is 2.43. The summed E-state index contributed by atoms with van der Waals surface area (Å²) in [4.78, 5) is 73.8. The number of aliphatic hydroxyl groups is 1. The van der Waals surface area contributed by atoms with Crippen LogP contribution >= 0.6 is 34.8 Å². The third-order valence-electron chi connectivity index (χ3n) is 19.9. The molecule has 3 aromatic heterocycles. The van der Waals surface area contributed by atoms with E-state index < -0.39 is 16.6 Å². The van der Waals surface area contributed by atoms with Gasteiger partial charge in [-0.2, -0.15) is 25.5 Å². The molecule has 0 atom stereocenters. The fourth-order valence-corrected chi connectivity index (χ4v) is 15.9. The van der Waals surface area contributed by atoms with Crippen molar-refractivity contribution >= 4 is 122 Å². The summed E-state index contributed by atoms with van der Waals surface area (Å²) < 4.78 is 13.2. The van der Waals surface area contributed by atoms with E-state index in [-0.39, 0.29) is 72.5 Å². The third kappa shape index (κ3) is 17.5. The highest BCUT2D eigenvalue weighted by molar-refractivity contribution is 6.74. The van der Waals surface area contributed by atoms with Crippen LogP contribution in [0, 0.1) is 22.7 Å². The molecule has 23 nitrogen and oxygen atoms in total. The number of anilines is 9. The van der Waals surface area contributed by atoms with E-state index in [4.69, 9.17) is 43.7 Å². The minimum atomic E-state index is -1.78. The zero-order valence-electron chi connectivity index (χ0n) is 57.6. The van der Waals surface area contributed by atoms with Crippen molar-refractivity contribution in [3.63, 3.8) is 0 Å². The Kier molecular flexibility index (Phi) is 23.3. The van der Waals surface area contributed by atoms with Crippen LogP contribution in [-0.2, 0) is 28.5 Å². The number of halogens is 3. The second-order valence-corrected chi connectivity index (χ2v) is 39.6. The van der Waals surface area contributed by atoms with Gasteiger partial charge in [-0.1, -0.05) is 113 Å². The van der Waals surface area contributed by atoms with Crippen LogP contribution in [0.15, 0.2) is 91.4 Å². The zero-order chi connectivity index (χ0) is 70.3. The number of urea groups is 3. The van der Waals surface area contributed by atoms with Crippen LogP contribution in [0.2, 0.25) is 51.3 Å². The van der Waals surface area contributed by atoms with Gasteiger partial charge in [-0.15, -0.1) is 0 Å². The van der Waals surface area contributed by atoms with Gasteiger partial charge in [0.1, 0.15) is 30.5 Å². The number of para-hydroxylation sites is 3. The molecule has 6 amide bonds. The van der Waals surface area contributed by atoms with E-state index in [9.17, 15) is 30.0 Å². The van der Waals surface area contributed by atoms with Crippen molar-refractivity contribution in [1.82, 2.24) is 29.9 Å². The molecule has 3 aliphatic heterocycles. The minimum Gasteiger partial charge on any atom is -0.414 e. The quantitative estimate of drug-likeness (QED) is 0.0472. The number of rotatable bonds is 15. The van der Waals surface area contributed by atoms with Gasteiger partial charge in [0.2, 0.25) is 17.8 Å². The maximum absolute atomic E-state index is 13.3. The van der Waals surface area contributed by atoms with E-state index in [1.165, 1.54) is 14.7 Å². The van der Waals surface area contributed by atoms with Gasteiger partial charge in [0.25, 0.3) is 0 Å². The Morgan fingerprint density at radius 3 is 1.22 bits per heavy atom. The fourth-order valence-electron chi connectivity index (χ4n) is 12.3. The largest absolute Gasteiger partial charge is 0.414 e. The fraction of sp³-hybridized carbons (Fsp3) is 0.500. The molecule has 98 heavy (non-hydrogen) atoms. The first-order valence-electron chi connectivity index (χ1n) is 33.7. The monoisotopic (exact) mass is 1430 g/mol. The molecule has 0 radical (unpaired) electrons. The first kappa shape index (κ1) is 73.0. The molecular weight excluding hydrogens is 1340 g/mol. The number of aliphatic hydroxyl groups excluding tert-OH is 1. The Morgan fingerprint density at radius 1 is 0.520 bits per heavy atom. The number of hydrogen-bond acceptors (Lipinski definition) is 17. The van der Waals surface area contributed by atoms with Crippen LogP contribution in [0.5, 0.6) is 0 Å². The molecule has 28 heteroatoms. The minimum absolute atomic E-state index is 0.112. The molecule has 3 aliphatic carbocycles. The van der Waals surface area contributed by atoms with Crippen LogP contribution < -0.4 is 45.8 Å². The molecule has 6 aromatic rings. The summed E-state index contributed by atoms with van der Waals surface area (Å²) >= 11 is 18.9. The average Bonchev–Trinajstić information content (AvgIpc) is 0.784. The lowest BCUT2D eigenvalue weighted by atomic mass is 9.93. The molecule has 0 saturated heterocycles. The number of carbonyl (C=O) groups excluding carboxylic acids is 3. The first-order chi connectivity index (χ1) is 46.6. The predicted molar refractivity (Wildman–Crippen MR) is 393 cm³/mol. The van der Waals surface area contributed by atoms with Crippen molar-refractivity contribution < 1.29 is 28.3 Å². The van der Waals surface area contributed by atoms with E-state index in [0.29, 0.717) is 92.2 Å². The lowest BCUT2D eigenvalue weighted by molar-refractivity contribution is 0.126. The number of nitrogens with zero attached hydrogens (tertiary/aromatic N) is 13. The lowest BCUT2D eigenvalue weighted by Gasteiger charge is -2.41. The van der Waals surface area contributed by atoms with E-state index in [2.05, 4.69) is 125 Å². The number of aromatic nitrogens is 6. The Morgan fingerprint density at radius 2 is 0.857 bits per heavy atom. The second kappa shape index (κ2) is 31.2. The van der Waals surface area contributed by atoms with Crippen LogP contribution in [0.4, 0.5) is 66.7 Å². The summed E-state index contributed by atoms with van der Waals surface area (Å²) in [6.45, 7) is 23.6. The Balaban J connectivity index is 0.000000160. The third-order valence-corrected chi connectivity index (χ3v) is 29.9. The number of fused-ring (bicyclic) bond motifs is 3. The van der Waals surface area contributed by atoms with Gasteiger partial charge in [-0.05, 0) is 150 Å². The molecule has 6 aliphatic rings. The van der Waals surface area contributed by atoms with Gasteiger partial charge in [0, 0.05) is 65.6 Å². The van der Waals surface area contributed by atoms with Crippen LogP contribution in [0.3, 0.4) is 0 Å². The zero-order valence-corrected chi connectivity index (χ0v) is 61.8. The molecule has 0 spiro atoms. The molecule has 5 N–H and O–H groups in total. The lowest BCUT2D eigenvalue weighted by Crippen LogP contribution is -2.48. The molecule has 12 rings (SSSR count). The Bertz CT molecular complexity index is 3920. The van der Waals surface area contributed by atoms with Gasteiger partial charge in [-0.3, -0.25) is 29.8 Å². The van der Waals surface area contributed by atoms with Crippen molar-refractivity contribution in [2.75, 3.05) is 58.9 Å². The van der Waals surface area contributed by atoms with Crippen molar-refractivity contribution in [2.24, 2.45) is 0 Å². The number of hydrogen-bond donors (Lipinski definition) is 5. The van der Waals surface area contributed by atoms with Crippen molar-refractivity contribution in [3.8, 4) is 12.1 Å². The van der Waals surface area contributed by atoms with Gasteiger partial charge in [-0.25, -0.2) is 29.3 Å². The van der Waals surface area contributed by atoms with E-state index in [1.807, 2.05) is 42.5 Å². The van der Waals surface area contributed by atoms with Crippen molar-refractivity contribution in [2.45, 2.75) is 211 Å². The number of carbonyl (C=O) groups is 3. The standard InChI is InChI=1S/C26H35ClN6O2Si.C24H34ClN5O2Si.C20H21ClN6O2/c1-26(2,3)36(4,5)35-20-12-10-19(11-13-20)30-24-29-16-18-17-33(22-9-7-6-8-21(22)27)25(34)32(15-14-28)23(18)31-24;1-24(2,3)33(4,5)32-18-12-10-17(11-13-18)27-22-26-14-16-15-30(23(31)29-21(16)28-22)20-9-7-6-8-19(20)25;21-16-3-1-2-4-17(16)27-12-13-11-23-19(24-14-5-7-15(28)8-6-14)25-18(13)26(10-9-22)20(27)29/h6-9,16,19-20H,10-13,15,17H2,1-5H3,(H,29,30,31);6-9,14,17-18H,10-13,15H2,1-5H3,(H2,26,27,28,29,31);1-4,11,14-15,28H,5-8,10,12H2,(H,23,24,25). The Hall–Kier alpha value is -7.73. The van der Waals surface area contributed by atoms with E-state index in [0.717, 1.165) is 93.7 Å². The van der Waals surface area contributed by atoms with Crippen molar-refractivity contribution in [1.29, 1.82) is 10.5 Å². The van der Waals surface area contributed by atoms with Gasteiger partial charge >= 0.3 is 18.1 Å². The second-order valence-electron chi connectivity index (χ2n) is 28.9. The Labute approximate surface area is 592 Å². The summed E-state index contributed by atoms with van der Waals surface area (Å²) in [5, 5.41) is 43.3. The van der Waals surface area contributed by atoms with Crippen LogP contribution in [0.1, 0.15) is 135 Å². The molecule has 6 heterocycles. The normalized spacial score (nSPS) is 21.1. The first-order valence-corrected chi connectivity index (χ1v) is 40.7. The summed E-state index contributed by atoms with van der Waals surface area (Å²) in [5.41, 5.74) is 4.20. The molecule has 520 valence electrons. The summed E-state index contributed by atoms with van der Waals surface area (Å²) in [5.74, 6) is 2.91. The summed E-state index contributed by atoms with van der Waals surface area (Å²) in [7, 11) is -3.53. The number of nitrogens with one attached hydrogen (secondary N) is 4. The molecular formula is C70H90Cl3N17O6Si2. The maximum atomic E-state index is 13.3. The predicted octanol–water partition coefficient (Wildman–Crippen LogP) is 16.1. The molecule has 3 fully saturated rings. The van der Waals surface area contributed by atoms with Crippen LogP contribution in [0.25, 0.3) is 0 Å². The van der Waals surface area contributed by atoms with Crippen molar-refractivity contribution in [3.05, 3.63) is 123 Å². The van der Waals surface area contributed by atoms with Gasteiger partial charge in [0.15, 0.2) is 16.6 Å². The summed E-state index contributed by atoms with van der Waals surface area (Å²) in [6.07, 6.45) is 16.8. The number of nitriles is 2. The van der Waals surface area contributed by atoms with Gasteiger partial charge < -0.3 is 29.9 Å². The SMILES string of the molecule is CC(C)(C)[Si](C)(C)OC1CCC(Nc2ncc3c(n2)N(CC#N)C(=O)N(c2ccccc2Cl)C3)CC1.CC(C)(C)[Si](C)(C)OC1CCC(Nc2ncc3c(n2)NC(=O)N(c2ccccc2Cl)C3)CC1.N#CCN1C(=O)N(c2ccccc2Cl)Cc2cnc(NC3CCC(O)CC3)nc21. The molecule has 3 saturated carbocycles. The summed E-state index contributed by atoms with van der Waals surface area (Å²) in [6, 6.07) is 25.5. The van der Waals surface area contributed by atoms with E-state index in [1.54, 1.807) is 64.8 Å². The maximum Gasteiger partial charge on any atom is 0.331 e. The topological polar surface area (TPSA) is 279 Å². The molecule has 0 bridgehead atoms. The van der Waals surface area contributed by atoms with Gasteiger partial charge in [0.05, 0.1) is 70.0 Å². The number of amides is 6. The van der Waals surface area contributed by atoms with Crippen LogP contribution in [-0.4, -0.2) is 119 Å². The molecule has 3 aromatic carbocycles. The smallest absolute Gasteiger partial charge is 0.331 e. The number of benzene rings is 3. The average molecular weight is 1430 g/mol. The highest BCUT2D eigenvalue weighted by Crippen LogP contribution is 2.43.